The Morgan fingerprint density at radius 3 is 1.15 bits per heavy atom. The van der Waals surface area contributed by atoms with E-state index in [1.54, 1.807) is 12.1 Å². The number of halogens is 1. The third-order valence-electron chi connectivity index (χ3n) is 14.3. The second-order valence-corrected chi connectivity index (χ2v) is 26.2. The Kier molecular flexibility index (Phi) is 10.6. The Morgan fingerprint density at radius 1 is 0.282 bits per heavy atom. The van der Waals surface area contributed by atoms with Crippen LogP contribution in [0.4, 0.5) is 21.5 Å². The Balaban J connectivity index is 0.985. The van der Waals surface area contributed by atoms with Gasteiger partial charge in [0.1, 0.15) is 5.82 Å². The van der Waals surface area contributed by atoms with Gasteiger partial charge in [-0.15, -0.1) is 0 Å². The van der Waals surface area contributed by atoms with Gasteiger partial charge in [-0.05, 0) is 60.7 Å². The first-order chi connectivity index (χ1) is 35.1. The van der Waals surface area contributed by atoms with Crippen molar-refractivity contribution in [3.8, 4) is 22.5 Å². The van der Waals surface area contributed by atoms with E-state index >= 15 is 0 Å². The molecule has 0 unspecified atom stereocenters. The molecule has 13 rings (SSSR count). The fraction of sp³-hybridized carbons (Fsp3) is 0. The summed E-state index contributed by atoms with van der Waals surface area (Å²) < 4.78 is 25.0. The molecule has 13 aromatic rings. The molecule has 0 N–H and O–H groups in total. The number of hydrogen-bond acceptors (Lipinski definition) is 1. The van der Waals surface area contributed by atoms with Crippen molar-refractivity contribution >= 4 is 91.5 Å². The zero-order valence-corrected chi connectivity index (χ0v) is 40.9. The molecule has 2 heterocycles. The molecular weight excluding hydrogens is 926 g/mol. The van der Waals surface area contributed by atoms with E-state index in [4.69, 9.17) is 0 Å². The SMILES string of the molecule is Fc1ccc(N(c2ccc3c(c2)c2ccccc2n3-c2ccccc2)c2ccc3c(c2)c2cc(-c4cc[c]([Ge]([c]5ccccc5)([c]5ccccc5)[c]5ccccc5)cc4)ccc2n3-c2ccccc2)cc1. The first-order valence-corrected chi connectivity index (χ1v) is 28.4. The topological polar surface area (TPSA) is 13.1 Å². The van der Waals surface area contributed by atoms with Crippen molar-refractivity contribution in [2.75, 3.05) is 4.90 Å². The summed E-state index contributed by atoms with van der Waals surface area (Å²) in [4.78, 5) is 2.25. The van der Waals surface area contributed by atoms with Crippen LogP contribution in [-0.4, -0.2) is 22.4 Å². The molecule has 71 heavy (non-hydrogen) atoms. The minimum Gasteiger partial charge on any atom is -0.0351 e. The van der Waals surface area contributed by atoms with Crippen LogP contribution in [0.15, 0.2) is 279 Å². The predicted molar refractivity (Wildman–Crippen MR) is 299 cm³/mol. The van der Waals surface area contributed by atoms with Crippen LogP contribution in [0.25, 0.3) is 66.1 Å². The third-order valence-corrected chi connectivity index (χ3v) is 24.4. The fourth-order valence-corrected chi connectivity index (χ4v) is 21.1. The average molecular weight is 973 g/mol. The van der Waals surface area contributed by atoms with Crippen LogP contribution in [-0.2, 0) is 0 Å². The molecule has 0 radical (unpaired) electrons. The van der Waals surface area contributed by atoms with Crippen LogP contribution in [0.2, 0.25) is 0 Å². The van der Waals surface area contributed by atoms with Gasteiger partial charge in [-0.25, -0.2) is 4.39 Å². The quantitative estimate of drug-likeness (QED) is 0.125. The van der Waals surface area contributed by atoms with Gasteiger partial charge in [-0.2, -0.15) is 0 Å². The predicted octanol–water partition coefficient (Wildman–Crippen LogP) is 14.5. The molecule has 0 atom stereocenters. The fourth-order valence-electron chi connectivity index (χ4n) is 11.2. The summed E-state index contributed by atoms with van der Waals surface area (Å²) in [6.07, 6.45) is 0. The van der Waals surface area contributed by atoms with Crippen molar-refractivity contribution in [2.24, 2.45) is 0 Å². The van der Waals surface area contributed by atoms with Gasteiger partial charge in [0.05, 0.1) is 11.0 Å². The van der Waals surface area contributed by atoms with Crippen LogP contribution in [0.1, 0.15) is 0 Å². The van der Waals surface area contributed by atoms with Crippen molar-refractivity contribution in [1.82, 2.24) is 9.13 Å². The zero-order chi connectivity index (χ0) is 47.3. The molecule has 0 fully saturated rings. The van der Waals surface area contributed by atoms with Crippen molar-refractivity contribution in [2.45, 2.75) is 0 Å². The van der Waals surface area contributed by atoms with E-state index in [1.165, 1.54) is 23.0 Å². The van der Waals surface area contributed by atoms with E-state index in [0.29, 0.717) is 0 Å². The standard InChI is InChI=1S/C66H46FGeN3/c67-49-33-37-56(38-34-49)69(57-39-42-65-61(45-57)59-28-16-17-29-63(59)70(65)54-24-12-4-13-25-54)58-40-43-66-62(46-58)60-44-48(32-41-64(60)71(66)55-26-14-5-15-27-55)47-30-35-53(36-31-47)68(50-18-6-1-7-19-50,51-20-8-2-9-21-51)52-22-10-3-11-23-52/h1-46H. The molecule has 0 aliphatic carbocycles. The van der Waals surface area contributed by atoms with Crippen LogP contribution >= 0.6 is 0 Å². The van der Waals surface area contributed by atoms with Crippen LogP contribution in [0.3, 0.4) is 0 Å². The Hall–Kier alpha value is -8.71. The van der Waals surface area contributed by atoms with Gasteiger partial charge in [-0.3, -0.25) is 0 Å². The largest absolute Gasteiger partial charge is 0.0351 e. The van der Waals surface area contributed by atoms with E-state index in [-0.39, 0.29) is 5.82 Å². The van der Waals surface area contributed by atoms with E-state index < -0.39 is 13.3 Å². The number of benzene rings is 11. The summed E-state index contributed by atoms with van der Waals surface area (Å²) in [6, 6.07) is 99.9. The minimum absolute atomic E-state index is 0.272. The van der Waals surface area contributed by atoms with E-state index in [0.717, 1.165) is 77.8 Å². The molecular formula is C66H46FGeN3. The first-order valence-electron chi connectivity index (χ1n) is 24.2. The molecule has 2 aromatic heterocycles. The van der Waals surface area contributed by atoms with Crippen LogP contribution in [0, 0.1) is 5.82 Å². The van der Waals surface area contributed by atoms with Gasteiger partial charge in [-0.1, -0.05) is 42.5 Å². The molecule has 336 valence electrons. The van der Waals surface area contributed by atoms with Crippen molar-refractivity contribution in [3.05, 3.63) is 285 Å². The number of para-hydroxylation sites is 3. The number of rotatable bonds is 10. The molecule has 0 amide bonds. The second kappa shape index (κ2) is 17.7. The molecule has 0 aliphatic rings. The first kappa shape index (κ1) is 42.4. The van der Waals surface area contributed by atoms with E-state index in [1.807, 2.05) is 12.1 Å². The zero-order valence-electron chi connectivity index (χ0n) is 38.8. The van der Waals surface area contributed by atoms with Crippen molar-refractivity contribution in [1.29, 1.82) is 0 Å². The molecule has 0 spiro atoms. The summed E-state index contributed by atoms with van der Waals surface area (Å²) in [5, 5.41) is 4.59. The Morgan fingerprint density at radius 2 is 0.648 bits per heavy atom. The number of nitrogens with zero attached hydrogens (tertiary/aromatic N) is 3. The molecule has 0 bridgehead atoms. The summed E-state index contributed by atoms with van der Waals surface area (Å²) in [5.74, 6) is -0.272. The Labute approximate surface area is 414 Å². The van der Waals surface area contributed by atoms with Gasteiger partial charge < -0.3 is 4.57 Å². The molecule has 11 aromatic carbocycles. The van der Waals surface area contributed by atoms with E-state index in [2.05, 4.69) is 269 Å². The van der Waals surface area contributed by atoms with Crippen LogP contribution in [0.5, 0.6) is 0 Å². The molecule has 0 aliphatic heterocycles. The molecule has 0 saturated heterocycles. The maximum absolute atomic E-state index is 14.7. The number of anilines is 3. The number of hydrogen-bond donors (Lipinski definition) is 0. The average Bonchev–Trinajstić information content (AvgIpc) is 3.95. The normalized spacial score (nSPS) is 11.7. The van der Waals surface area contributed by atoms with Gasteiger partial charge in [0.25, 0.3) is 0 Å². The smallest absolute Gasteiger partial charge is 0.0242 e. The third kappa shape index (κ3) is 7.18. The second-order valence-electron chi connectivity index (χ2n) is 18.2. The number of fused-ring (bicyclic) bond motifs is 6. The maximum Gasteiger partial charge on any atom is -0.0242 e. The summed E-state index contributed by atoms with van der Waals surface area (Å²) in [6.45, 7) is 0. The van der Waals surface area contributed by atoms with Gasteiger partial charge >= 0.3 is 272 Å². The van der Waals surface area contributed by atoms with Gasteiger partial charge in [0.15, 0.2) is 0 Å². The summed E-state index contributed by atoms with van der Waals surface area (Å²) >= 11 is -3.44. The van der Waals surface area contributed by atoms with Crippen molar-refractivity contribution < 1.29 is 4.39 Å². The van der Waals surface area contributed by atoms with Crippen LogP contribution < -0.4 is 22.5 Å². The van der Waals surface area contributed by atoms with Gasteiger partial charge in [0.2, 0.25) is 0 Å². The molecule has 3 nitrogen and oxygen atoms in total. The van der Waals surface area contributed by atoms with Crippen molar-refractivity contribution in [3.63, 3.8) is 0 Å². The molecule has 5 heteroatoms. The number of aromatic nitrogens is 2. The van der Waals surface area contributed by atoms with Gasteiger partial charge in [0, 0.05) is 16.5 Å². The Bertz CT molecular complexity index is 3930. The maximum atomic E-state index is 14.7. The minimum atomic E-state index is -3.44. The summed E-state index contributed by atoms with van der Waals surface area (Å²) in [7, 11) is 0. The van der Waals surface area contributed by atoms with E-state index in [9.17, 15) is 4.39 Å². The molecule has 0 saturated carbocycles. The monoisotopic (exact) mass is 973 g/mol. The summed E-state index contributed by atoms with van der Waals surface area (Å²) in [5.41, 5.74) is 11.8.